The normalized spacial score (nSPS) is 11.6. The highest BCUT2D eigenvalue weighted by Crippen LogP contribution is 2.36. The van der Waals surface area contributed by atoms with Gasteiger partial charge in [-0.2, -0.15) is 13.2 Å². The van der Waals surface area contributed by atoms with Crippen LogP contribution in [0.3, 0.4) is 0 Å². The first-order chi connectivity index (χ1) is 13.8. The molecule has 0 saturated carbocycles. The van der Waals surface area contributed by atoms with Gasteiger partial charge in [0.15, 0.2) is 0 Å². The number of rotatable bonds is 3. The molecule has 0 spiro atoms. The second kappa shape index (κ2) is 7.05. The number of furan rings is 1. The molecule has 29 heavy (non-hydrogen) atoms. The van der Waals surface area contributed by atoms with Crippen molar-refractivity contribution in [1.82, 2.24) is 0 Å². The summed E-state index contributed by atoms with van der Waals surface area (Å²) in [7, 11) is 1.46. The third-order valence-electron chi connectivity index (χ3n) is 4.39. The second-order valence-corrected chi connectivity index (χ2v) is 6.30. The molecule has 0 atom stereocenters. The van der Waals surface area contributed by atoms with Crippen molar-refractivity contribution in [3.05, 3.63) is 66.2 Å². The maximum Gasteiger partial charge on any atom is 0.416 e. The molecule has 8 heteroatoms. The first-order valence-electron chi connectivity index (χ1n) is 8.60. The van der Waals surface area contributed by atoms with E-state index in [9.17, 15) is 18.0 Å². The number of anilines is 2. The van der Waals surface area contributed by atoms with E-state index < -0.39 is 17.8 Å². The standard InChI is InChI=1S/C21H15F3N2O3/c1-28-19-10-15-14-7-2-3-8-17(14)29-18(15)11-16(19)26-20(27)25-13-6-4-5-12(9-13)21(22,23)24/h2-11H,1H3,(H2,25,26,27). The molecule has 1 aromatic heterocycles. The molecule has 0 fully saturated rings. The Morgan fingerprint density at radius 3 is 2.48 bits per heavy atom. The van der Waals surface area contributed by atoms with Crippen LogP contribution in [-0.2, 0) is 6.18 Å². The molecule has 0 aliphatic carbocycles. The van der Waals surface area contributed by atoms with Crippen LogP contribution in [-0.4, -0.2) is 13.1 Å². The van der Waals surface area contributed by atoms with E-state index in [0.717, 1.165) is 22.9 Å². The van der Waals surface area contributed by atoms with E-state index in [1.807, 2.05) is 24.3 Å². The molecule has 5 nitrogen and oxygen atoms in total. The number of hydrogen-bond acceptors (Lipinski definition) is 3. The van der Waals surface area contributed by atoms with Crippen LogP contribution in [0.25, 0.3) is 21.9 Å². The fraction of sp³-hybridized carbons (Fsp3) is 0.0952. The van der Waals surface area contributed by atoms with Crippen LogP contribution in [0.15, 0.2) is 65.1 Å². The van der Waals surface area contributed by atoms with E-state index in [2.05, 4.69) is 10.6 Å². The minimum absolute atomic E-state index is 0.0149. The molecule has 0 bridgehead atoms. The molecule has 0 unspecified atom stereocenters. The lowest BCUT2D eigenvalue weighted by Crippen LogP contribution is -2.20. The Kier molecular flexibility index (Phi) is 4.54. The monoisotopic (exact) mass is 400 g/mol. The van der Waals surface area contributed by atoms with Gasteiger partial charge in [0.2, 0.25) is 0 Å². The molecule has 1 heterocycles. The van der Waals surface area contributed by atoms with Gasteiger partial charge < -0.3 is 19.8 Å². The molecule has 2 amide bonds. The zero-order valence-electron chi connectivity index (χ0n) is 15.1. The molecule has 3 aromatic carbocycles. The summed E-state index contributed by atoms with van der Waals surface area (Å²) < 4.78 is 49.6. The highest BCUT2D eigenvalue weighted by molar-refractivity contribution is 6.08. The average molecular weight is 400 g/mol. The maximum absolute atomic E-state index is 12.8. The SMILES string of the molecule is COc1cc2c(cc1NC(=O)Nc1cccc(C(F)(F)F)c1)oc1ccccc12. The van der Waals surface area contributed by atoms with Crippen molar-refractivity contribution in [3.63, 3.8) is 0 Å². The van der Waals surface area contributed by atoms with Crippen LogP contribution >= 0.6 is 0 Å². The van der Waals surface area contributed by atoms with Gasteiger partial charge in [-0.25, -0.2) is 4.79 Å². The minimum atomic E-state index is -4.50. The zero-order valence-corrected chi connectivity index (χ0v) is 15.1. The Bertz CT molecular complexity index is 1210. The van der Waals surface area contributed by atoms with Gasteiger partial charge in [0, 0.05) is 22.5 Å². The Balaban J connectivity index is 1.61. The predicted molar refractivity (Wildman–Crippen MR) is 104 cm³/mol. The minimum Gasteiger partial charge on any atom is -0.495 e. The fourth-order valence-corrected chi connectivity index (χ4v) is 3.08. The van der Waals surface area contributed by atoms with Gasteiger partial charge in [-0.15, -0.1) is 0 Å². The number of carbonyl (C=O) groups excluding carboxylic acids is 1. The highest BCUT2D eigenvalue weighted by Gasteiger charge is 2.30. The quantitative estimate of drug-likeness (QED) is 0.427. The molecule has 4 aromatic rings. The summed E-state index contributed by atoms with van der Waals surface area (Å²) in [5.41, 5.74) is 0.720. The summed E-state index contributed by atoms with van der Waals surface area (Å²) in [6.07, 6.45) is -4.50. The van der Waals surface area contributed by atoms with Gasteiger partial charge in [-0.05, 0) is 30.3 Å². The number of para-hydroxylation sites is 1. The van der Waals surface area contributed by atoms with E-state index in [1.54, 1.807) is 12.1 Å². The van der Waals surface area contributed by atoms with E-state index in [0.29, 0.717) is 22.6 Å². The topological polar surface area (TPSA) is 63.5 Å². The van der Waals surface area contributed by atoms with E-state index >= 15 is 0 Å². The Hall–Kier alpha value is -3.68. The fourth-order valence-electron chi connectivity index (χ4n) is 3.08. The Morgan fingerprint density at radius 2 is 1.72 bits per heavy atom. The summed E-state index contributed by atoms with van der Waals surface area (Å²) >= 11 is 0. The lowest BCUT2D eigenvalue weighted by Gasteiger charge is -2.12. The number of methoxy groups -OCH3 is 1. The van der Waals surface area contributed by atoms with Crippen molar-refractivity contribution in [2.75, 3.05) is 17.7 Å². The number of hydrogen-bond donors (Lipinski definition) is 2. The second-order valence-electron chi connectivity index (χ2n) is 6.30. The van der Waals surface area contributed by atoms with E-state index in [4.69, 9.17) is 9.15 Å². The van der Waals surface area contributed by atoms with Gasteiger partial charge in [0.1, 0.15) is 16.9 Å². The molecule has 4 rings (SSSR count). The average Bonchev–Trinajstić information content (AvgIpc) is 3.04. The predicted octanol–water partition coefficient (Wildman–Crippen LogP) is 6.26. The molecule has 0 radical (unpaired) electrons. The van der Waals surface area contributed by atoms with E-state index in [-0.39, 0.29) is 5.69 Å². The lowest BCUT2D eigenvalue weighted by atomic mass is 10.1. The Morgan fingerprint density at radius 1 is 0.931 bits per heavy atom. The van der Waals surface area contributed by atoms with Crippen LogP contribution in [0, 0.1) is 0 Å². The van der Waals surface area contributed by atoms with Crippen molar-refractivity contribution in [2.45, 2.75) is 6.18 Å². The molecule has 148 valence electrons. The summed E-state index contributed by atoms with van der Waals surface area (Å²) in [6, 6.07) is 14.5. The molecular weight excluding hydrogens is 385 g/mol. The summed E-state index contributed by atoms with van der Waals surface area (Å²) in [5.74, 6) is 0.392. The summed E-state index contributed by atoms with van der Waals surface area (Å²) in [4.78, 5) is 12.3. The number of urea groups is 1. The number of halogens is 3. The lowest BCUT2D eigenvalue weighted by molar-refractivity contribution is -0.137. The van der Waals surface area contributed by atoms with Crippen LogP contribution in [0.5, 0.6) is 5.75 Å². The third kappa shape index (κ3) is 3.69. The number of nitrogens with one attached hydrogen (secondary N) is 2. The summed E-state index contributed by atoms with van der Waals surface area (Å²) in [6.45, 7) is 0. The summed E-state index contributed by atoms with van der Waals surface area (Å²) in [5, 5.41) is 6.71. The van der Waals surface area contributed by atoms with Gasteiger partial charge in [-0.1, -0.05) is 24.3 Å². The van der Waals surface area contributed by atoms with Crippen molar-refractivity contribution in [3.8, 4) is 5.75 Å². The van der Waals surface area contributed by atoms with E-state index in [1.165, 1.54) is 19.2 Å². The van der Waals surface area contributed by atoms with Crippen LogP contribution in [0.2, 0.25) is 0 Å². The number of amides is 2. The number of alkyl halides is 3. The first-order valence-corrected chi connectivity index (χ1v) is 8.60. The smallest absolute Gasteiger partial charge is 0.416 e. The van der Waals surface area contributed by atoms with Gasteiger partial charge in [0.05, 0.1) is 18.4 Å². The number of fused-ring (bicyclic) bond motifs is 3. The molecule has 2 N–H and O–H groups in total. The largest absolute Gasteiger partial charge is 0.495 e. The molecular formula is C21H15F3N2O3. The van der Waals surface area contributed by atoms with Crippen LogP contribution < -0.4 is 15.4 Å². The Labute approximate surface area is 163 Å². The number of ether oxygens (including phenoxy) is 1. The molecule has 0 saturated heterocycles. The third-order valence-corrected chi connectivity index (χ3v) is 4.39. The van der Waals surface area contributed by atoms with Crippen molar-refractivity contribution in [2.24, 2.45) is 0 Å². The maximum atomic E-state index is 12.8. The van der Waals surface area contributed by atoms with Crippen molar-refractivity contribution < 1.29 is 27.1 Å². The van der Waals surface area contributed by atoms with Crippen molar-refractivity contribution >= 4 is 39.3 Å². The van der Waals surface area contributed by atoms with Crippen LogP contribution in [0.1, 0.15) is 5.56 Å². The highest BCUT2D eigenvalue weighted by atomic mass is 19.4. The van der Waals surface area contributed by atoms with Gasteiger partial charge in [-0.3, -0.25) is 0 Å². The number of carbonyl (C=O) groups is 1. The molecule has 0 aliphatic rings. The number of benzene rings is 3. The van der Waals surface area contributed by atoms with Gasteiger partial charge >= 0.3 is 12.2 Å². The first kappa shape index (κ1) is 18.7. The van der Waals surface area contributed by atoms with Crippen LogP contribution in [0.4, 0.5) is 29.3 Å². The molecule has 0 aliphatic heterocycles. The van der Waals surface area contributed by atoms with Crippen molar-refractivity contribution in [1.29, 1.82) is 0 Å². The van der Waals surface area contributed by atoms with Gasteiger partial charge in [0.25, 0.3) is 0 Å². The zero-order chi connectivity index (χ0) is 20.6.